The number of aliphatic imine (C=N–C) groups is 1. The maximum absolute atomic E-state index is 4.20. The van der Waals surface area contributed by atoms with E-state index in [4.69, 9.17) is 0 Å². The van der Waals surface area contributed by atoms with E-state index in [1.807, 2.05) is 7.05 Å². The minimum Gasteiger partial charge on any atom is -0.356 e. The maximum atomic E-state index is 4.20. The van der Waals surface area contributed by atoms with Gasteiger partial charge in [-0.3, -0.25) is 9.89 Å². The average molecular weight is 240 g/mol. The lowest BCUT2D eigenvalue weighted by Gasteiger charge is -2.26. The molecule has 0 spiro atoms. The molecule has 0 amide bonds. The van der Waals surface area contributed by atoms with Crippen LogP contribution < -0.4 is 10.6 Å². The Morgan fingerprint density at radius 2 is 1.94 bits per heavy atom. The fraction of sp³-hybridized carbons (Fsp3) is 0.923. The minimum atomic E-state index is 0.648. The van der Waals surface area contributed by atoms with E-state index in [9.17, 15) is 0 Å². The predicted molar refractivity (Wildman–Crippen MR) is 74.5 cm³/mol. The van der Waals surface area contributed by atoms with E-state index < -0.39 is 0 Å². The van der Waals surface area contributed by atoms with Gasteiger partial charge in [-0.25, -0.2) is 0 Å². The number of hydrogen-bond donors (Lipinski definition) is 2. The Kier molecular flexibility index (Phi) is 6.34. The Morgan fingerprint density at radius 3 is 2.41 bits per heavy atom. The highest BCUT2D eigenvalue weighted by atomic mass is 15.2. The first-order chi connectivity index (χ1) is 8.19. The van der Waals surface area contributed by atoms with Crippen LogP contribution in [0.25, 0.3) is 0 Å². The molecule has 2 N–H and O–H groups in total. The van der Waals surface area contributed by atoms with Gasteiger partial charge in [0, 0.05) is 38.8 Å². The van der Waals surface area contributed by atoms with E-state index in [-0.39, 0.29) is 0 Å². The van der Waals surface area contributed by atoms with Gasteiger partial charge < -0.3 is 10.6 Å². The zero-order valence-corrected chi connectivity index (χ0v) is 11.8. The molecule has 1 fully saturated rings. The first kappa shape index (κ1) is 14.3. The molecule has 17 heavy (non-hydrogen) atoms. The maximum Gasteiger partial charge on any atom is 0.191 e. The van der Waals surface area contributed by atoms with Crippen LogP contribution in [0.15, 0.2) is 4.99 Å². The SMILES string of the molecule is CCCNC(=NC)NCCN(C(C)C)C1CC1. The van der Waals surface area contributed by atoms with E-state index in [0.29, 0.717) is 6.04 Å². The van der Waals surface area contributed by atoms with Crippen LogP contribution in [0, 0.1) is 0 Å². The van der Waals surface area contributed by atoms with Crippen molar-refractivity contribution in [3.8, 4) is 0 Å². The smallest absolute Gasteiger partial charge is 0.191 e. The van der Waals surface area contributed by atoms with Gasteiger partial charge in [-0.2, -0.15) is 0 Å². The van der Waals surface area contributed by atoms with Crippen molar-refractivity contribution in [3.63, 3.8) is 0 Å². The van der Waals surface area contributed by atoms with Crippen molar-refractivity contribution in [2.45, 2.75) is 52.1 Å². The van der Waals surface area contributed by atoms with Crippen molar-refractivity contribution in [3.05, 3.63) is 0 Å². The molecule has 0 heterocycles. The summed E-state index contributed by atoms with van der Waals surface area (Å²) < 4.78 is 0. The van der Waals surface area contributed by atoms with Crippen molar-refractivity contribution in [1.29, 1.82) is 0 Å². The molecule has 0 aromatic heterocycles. The lowest BCUT2D eigenvalue weighted by Crippen LogP contribution is -2.44. The average Bonchev–Trinajstić information content (AvgIpc) is 3.12. The summed E-state index contributed by atoms with van der Waals surface area (Å²) in [4.78, 5) is 6.79. The molecule has 1 aliphatic rings. The third-order valence-corrected chi connectivity index (χ3v) is 3.11. The fourth-order valence-corrected chi connectivity index (χ4v) is 2.04. The van der Waals surface area contributed by atoms with Gasteiger partial charge in [0.1, 0.15) is 0 Å². The molecular formula is C13H28N4. The van der Waals surface area contributed by atoms with E-state index in [1.54, 1.807) is 0 Å². The summed E-state index contributed by atoms with van der Waals surface area (Å²) in [6, 6.07) is 1.48. The lowest BCUT2D eigenvalue weighted by molar-refractivity contribution is 0.215. The van der Waals surface area contributed by atoms with Crippen molar-refractivity contribution in [2.75, 3.05) is 26.7 Å². The standard InChI is InChI=1S/C13H28N4/c1-5-8-15-13(14-4)16-9-10-17(11(2)3)12-6-7-12/h11-12H,5-10H2,1-4H3,(H2,14,15,16). The first-order valence-corrected chi connectivity index (χ1v) is 6.89. The molecule has 0 aromatic carbocycles. The fourth-order valence-electron chi connectivity index (χ4n) is 2.04. The number of guanidine groups is 1. The van der Waals surface area contributed by atoms with E-state index >= 15 is 0 Å². The summed E-state index contributed by atoms with van der Waals surface area (Å²) in [6.45, 7) is 9.78. The normalized spacial score (nSPS) is 16.7. The van der Waals surface area contributed by atoms with Gasteiger partial charge in [0.15, 0.2) is 5.96 Å². The highest BCUT2D eigenvalue weighted by Gasteiger charge is 2.29. The van der Waals surface area contributed by atoms with Crippen LogP contribution in [0.5, 0.6) is 0 Å². The zero-order valence-electron chi connectivity index (χ0n) is 11.8. The number of rotatable bonds is 7. The predicted octanol–water partition coefficient (Wildman–Crippen LogP) is 1.43. The Hall–Kier alpha value is -0.770. The van der Waals surface area contributed by atoms with Crippen LogP contribution in [0.4, 0.5) is 0 Å². The van der Waals surface area contributed by atoms with Crippen molar-refractivity contribution < 1.29 is 0 Å². The summed E-state index contributed by atoms with van der Waals surface area (Å²) in [5.41, 5.74) is 0. The molecule has 1 aliphatic carbocycles. The number of nitrogens with zero attached hydrogens (tertiary/aromatic N) is 2. The highest BCUT2D eigenvalue weighted by molar-refractivity contribution is 5.79. The molecule has 0 aliphatic heterocycles. The molecule has 100 valence electrons. The van der Waals surface area contributed by atoms with Crippen LogP contribution in [-0.2, 0) is 0 Å². The lowest BCUT2D eigenvalue weighted by atomic mass is 10.3. The molecule has 0 aromatic rings. The van der Waals surface area contributed by atoms with Crippen LogP contribution in [0.2, 0.25) is 0 Å². The zero-order chi connectivity index (χ0) is 12.7. The molecular weight excluding hydrogens is 212 g/mol. The molecule has 4 nitrogen and oxygen atoms in total. The van der Waals surface area contributed by atoms with Gasteiger partial charge in [0.05, 0.1) is 0 Å². The Morgan fingerprint density at radius 1 is 1.29 bits per heavy atom. The quantitative estimate of drug-likeness (QED) is 0.522. The van der Waals surface area contributed by atoms with Gasteiger partial charge >= 0.3 is 0 Å². The molecule has 0 saturated heterocycles. The van der Waals surface area contributed by atoms with Crippen LogP contribution >= 0.6 is 0 Å². The molecule has 0 atom stereocenters. The topological polar surface area (TPSA) is 39.7 Å². The second-order valence-electron chi connectivity index (χ2n) is 4.99. The number of hydrogen-bond acceptors (Lipinski definition) is 2. The van der Waals surface area contributed by atoms with Gasteiger partial charge in [0.2, 0.25) is 0 Å². The summed E-state index contributed by atoms with van der Waals surface area (Å²) in [6.07, 6.45) is 3.88. The molecule has 0 radical (unpaired) electrons. The molecule has 1 saturated carbocycles. The van der Waals surface area contributed by atoms with E-state index in [2.05, 4.69) is 41.3 Å². The van der Waals surface area contributed by atoms with Crippen molar-refractivity contribution >= 4 is 5.96 Å². The van der Waals surface area contributed by atoms with E-state index in [0.717, 1.165) is 38.1 Å². The Labute approximate surface area is 106 Å². The monoisotopic (exact) mass is 240 g/mol. The van der Waals surface area contributed by atoms with E-state index in [1.165, 1.54) is 12.8 Å². The Balaban J connectivity index is 2.20. The first-order valence-electron chi connectivity index (χ1n) is 6.89. The van der Waals surface area contributed by atoms with Gasteiger partial charge in [0.25, 0.3) is 0 Å². The second-order valence-corrected chi connectivity index (χ2v) is 4.99. The highest BCUT2D eigenvalue weighted by Crippen LogP contribution is 2.27. The molecule has 0 unspecified atom stereocenters. The van der Waals surface area contributed by atoms with Gasteiger partial charge in [-0.1, -0.05) is 6.92 Å². The largest absolute Gasteiger partial charge is 0.356 e. The minimum absolute atomic E-state index is 0.648. The second kappa shape index (κ2) is 7.54. The van der Waals surface area contributed by atoms with Crippen molar-refractivity contribution in [1.82, 2.24) is 15.5 Å². The Bertz CT molecular complexity index is 232. The van der Waals surface area contributed by atoms with Crippen molar-refractivity contribution in [2.24, 2.45) is 4.99 Å². The third-order valence-electron chi connectivity index (χ3n) is 3.11. The number of nitrogens with one attached hydrogen (secondary N) is 2. The van der Waals surface area contributed by atoms with Gasteiger partial charge in [-0.05, 0) is 33.1 Å². The van der Waals surface area contributed by atoms with Gasteiger partial charge in [-0.15, -0.1) is 0 Å². The molecule has 0 bridgehead atoms. The van der Waals surface area contributed by atoms with Crippen LogP contribution in [-0.4, -0.2) is 49.6 Å². The summed E-state index contributed by atoms with van der Waals surface area (Å²) >= 11 is 0. The molecule has 1 rings (SSSR count). The van der Waals surface area contributed by atoms with Crippen LogP contribution in [0.3, 0.4) is 0 Å². The summed E-state index contributed by atoms with van der Waals surface area (Å²) in [5, 5.41) is 6.66. The molecule has 4 heteroatoms. The van der Waals surface area contributed by atoms with Crippen LogP contribution in [0.1, 0.15) is 40.0 Å². The summed E-state index contributed by atoms with van der Waals surface area (Å²) in [7, 11) is 1.83. The summed E-state index contributed by atoms with van der Waals surface area (Å²) in [5.74, 6) is 0.923. The third kappa shape index (κ3) is 5.39.